The van der Waals surface area contributed by atoms with Crippen molar-refractivity contribution in [2.24, 2.45) is 7.05 Å². The van der Waals surface area contributed by atoms with Gasteiger partial charge in [-0.1, -0.05) is 10.5 Å². The van der Waals surface area contributed by atoms with E-state index >= 15 is 0 Å². The Labute approximate surface area is 117 Å². The molecule has 9 nitrogen and oxygen atoms in total. The summed E-state index contributed by atoms with van der Waals surface area (Å²) in [6, 6.07) is 2.12. The van der Waals surface area contributed by atoms with Crippen LogP contribution in [0.2, 0.25) is 0 Å². The number of amides is 1. The molecule has 3 heterocycles. The summed E-state index contributed by atoms with van der Waals surface area (Å²) in [5, 5.41) is 20.6. The zero-order valence-electron chi connectivity index (χ0n) is 10.9. The number of carbonyl (C=O) groups is 1. The van der Waals surface area contributed by atoms with Gasteiger partial charge < -0.3 is 9.84 Å². The van der Waals surface area contributed by atoms with Crippen LogP contribution in [0.3, 0.4) is 0 Å². The largest absolute Gasteiger partial charge is 0.439 e. The summed E-state index contributed by atoms with van der Waals surface area (Å²) < 4.78 is 18.4. The van der Waals surface area contributed by atoms with Gasteiger partial charge in [-0.15, -0.1) is 15.3 Å². The number of aliphatic hydroxyl groups excluding tert-OH is 1. The van der Waals surface area contributed by atoms with E-state index < -0.39 is 24.8 Å². The summed E-state index contributed by atoms with van der Waals surface area (Å²) in [5.41, 5.74) is 0.859. The zero-order valence-corrected chi connectivity index (χ0v) is 10.9. The Hall–Kier alpha value is -2.62. The third-order valence-corrected chi connectivity index (χ3v) is 3.07. The van der Waals surface area contributed by atoms with Crippen molar-refractivity contribution in [1.82, 2.24) is 30.3 Å². The molecular weight excluding hydrogens is 283 g/mol. The number of aromatic nitrogens is 5. The Bertz CT molecular complexity index is 660. The van der Waals surface area contributed by atoms with Crippen molar-refractivity contribution in [3.63, 3.8) is 0 Å². The van der Waals surface area contributed by atoms with Crippen LogP contribution in [0.4, 0.5) is 9.28 Å². The van der Waals surface area contributed by atoms with Crippen LogP contribution in [0.1, 0.15) is 11.6 Å². The molecule has 21 heavy (non-hydrogen) atoms. The molecule has 0 radical (unpaired) electrons. The van der Waals surface area contributed by atoms with Gasteiger partial charge in [0, 0.05) is 6.20 Å². The first-order valence-electron chi connectivity index (χ1n) is 6.07. The smallest absolute Gasteiger partial charge is 0.439 e. The number of aryl methyl sites for hydroxylation is 1. The molecule has 1 aliphatic heterocycles. The van der Waals surface area contributed by atoms with E-state index in [0.717, 1.165) is 0 Å². The van der Waals surface area contributed by atoms with Gasteiger partial charge in [0.05, 0.1) is 13.7 Å². The summed E-state index contributed by atoms with van der Waals surface area (Å²) in [4.78, 5) is 16.6. The fourth-order valence-electron chi connectivity index (χ4n) is 2.09. The number of hydrogen-bond donors (Lipinski definition) is 1. The third-order valence-electron chi connectivity index (χ3n) is 3.07. The molecule has 10 heteroatoms. The minimum atomic E-state index is -1.13. The average Bonchev–Trinajstić information content (AvgIpc) is 3.04. The molecule has 0 aromatic carbocycles. The number of pyridine rings is 1. The van der Waals surface area contributed by atoms with Gasteiger partial charge >= 0.3 is 6.09 Å². The summed E-state index contributed by atoms with van der Waals surface area (Å²) >= 11 is 0. The molecule has 0 aliphatic carbocycles. The monoisotopic (exact) mass is 294 g/mol. The molecule has 3 rings (SSSR count). The lowest BCUT2D eigenvalue weighted by Crippen LogP contribution is -2.24. The number of carbonyl (C=O) groups excluding carboxylic acids is 1. The first-order valence-corrected chi connectivity index (χ1v) is 6.07. The van der Waals surface area contributed by atoms with Crippen LogP contribution in [0.25, 0.3) is 11.5 Å². The highest BCUT2D eigenvalue weighted by Gasteiger charge is 2.43. The molecule has 1 amide bonds. The highest BCUT2D eigenvalue weighted by atomic mass is 19.2. The number of hydrogen-bond acceptors (Lipinski definition) is 7. The van der Waals surface area contributed by atoms with Crippen molar-refractivity contribution in [3.05, 3.63) is 23.9 Å². The molecule has 2 unspecified atom stereocenters. The zero-order chi connectivity index (χ0) is 15.0. The normalized spacial score (nSPS) is 21.7. The average molecular weight is 294 g/mol. The Kier molecular flexibility index (Phi) is 3.22. The Morgan fingerprint density at radius 2 is 2.29 bits per heavy atom. The highest BCUT2D eigenvalue weighted by molar-refractivity contribution is 5.69. The number of halogens is 1. The molecule has 1 N–H and O–H groups in total. The van der Waals surface area contributed by atoms with Crippen LogP contribution in [0, 0.1) is 0 Å². The second-order valence-corrected chi connectivity index (χ2v) is 4.44. The van der Waals surface area contributed by atoms with E-state index in [9.17, 15) is 9.28 Å². The number of ether oxygens (including phenoxy) is 1. The Morgan fingerprint density at radius 1 is 1.48 bits per heavy atom. The van der Waals surface area contributed by atoms with E-state index in [2.05, 4.69) is 20.4 Å². The van der Waals surface area contributed by atoms with Crippen molar-refractivity contribution in [2.75, 3.05) is 6.61 Å². The second-order valence-electron chi connectivity index (χ2n) is 4.44. The molecule has 1 saturated heterocycles. The number of nitrogens with zero attached hydrogens (tertiary/aromatic N) is 6. The number of tetrazole rings is 1. The second kappa shape index (κ2) is 5.05. The molecule has 2 aromatic heterocycles. The quantitative estimate of drug-likeness (QED) is 0.795. The van der Waals surface area contributed by atoms with Crippen LogP contribution in [0.15, 0.2) is 18.3 Å². The van der Waals surface area contributed by atoms with Crippen LogP contribution < -0.4 is 0 Å². The Morgan fingerprint density at radius 3 is 2.86 bits per heavy atom. The first kappa shape index (κ1) is 13.4. The number of aliphatic hydroxyl groups is 1. The van der Waals surface area contributed by atoms with Crippen molar-refractivity contribution in [2.45, 2.75) is 12.1 Å². The van der Waals surface area contributed by atoms with E-state index in [1.54, 1.807) is 19.2 Å². The lowest BCUT2D eigenvalue weighted by molar-refractivity contribution is 0.0387. The van der Waals surface area contributed by atoms with Gasteiger partial charge in [0.25, 0.3) is 0 Å². The lowest BCUT2D eigenvalue weighted by atomic mass is 10.0. The van der Waals surface area contributed by atoms with E-state index in [-0.39, 0.29) is 5.12 Å². The predicted molar refractivity (Wildman–Crippen MR) is 65.1 cm³/mol. The summed E-state index contributed by atoms with van der Waals surface area (Å²) in [6.45, 7) is -0.482. The van der Waals surface area contributed by atoms with Gasteiger partial charge in [0.2, 0.25) is 5.82 Å². The van der Waals surface area contributed by atoms with Gasteiger partial charge in [-0.25, -0.2) is 4.79 Å². The SMILES string of the molecule is Cn1nnc(-c2ccc(C3C(CO)OC(=O)N3F)cn2)n1. The van der Waals surface area contributed by atoms with Gasteiger partial charge in [0.1, 0.15) is 11.7 Å². The highest BCUT2D eigenvalue weighted by Crippen LogP contribution is 2.33. The predicted octanol–water partition coefficient (Wildman–Crippen LogP) is 0.0108. The molecule has 110 valence electrons. The first-order chi connectivity index (χ1) is 10.1. The molecule has 1 aliphatic rings. The van der Waals surface area contributed by atoms with Crippen molar-refractivity contribution in [3.8, 4) is 11.5 Å². The lowest BCUT2D eigenvalue weighted by Gasteiger charge is -2.16. The number of rotatable bonds is 3. The fourth-order valence-corrected chi connectivity index (χ4v) is 2.09. The third kappa shape index (κ3) is 2.29. The maximum absolute atomic E-state index is 13.7. The number of cyclic esters (lactones) is 1. The molecule has 1 fully saturated rings. The van der Waals surface area contributed by atoms with Gasteiger partial charge in [0.15, 0.2) is 6.10 Å². The summed E-state index contributed by atoms with van der Waals surface area (Å²) in [6.07, 6.45) is -0.711. The van der Waals surface area contributed by atoms with Crippen LogP contribution in [0.5, 0.6) is 0 Å². The van der Waals surface area contributed by atoms with Gasteiger partial charge in [-0.05, 0) is 16.8 Å². The Balaban J connectivity index is 1.88. The van der Waals surface area contributed by atoms with E-state index in [0.29, 0.717) is 17.1 Å². The minimum Gasteiger partial charge on any atom is -0.439 e. The molecule has 2 aromatic rings. The van der Waals surface area contributed by atoms with Gasteiger partial charge in [-0.2, -0.15) is 4.80 Å². The molecule has 0 spiro atoms. The van der Waals surface area contributed by atoms with Crippen LogP contribution in [-0.2, 0) is 11.8 Å². The standard InChI is InChI=1S/C11H11FN6O3/c1-17-15-10(14-16-17)7-3-2-6(4-13-7)9-8(5-19)21-11(20)18(9)12/h2-4,8-9,19H,5H2,1H3. The van der Waals surface area contributed by atoms with Crippen molar-refractivity contribution in [1.29, 1.82) is 0 Å². The maximum atomic E-state index is 13.7. The van der Waals surface area contributed by atoms with E-state index in [1.165, 1.54) is 11.0 Å². The molecular formula is C11H11FN6O3. The summed E-state index contributed by atoms with van der Waals surface area (Å²) in [7, 11) is 1.62. The topological polar surface area (TPSA) is 106 Å². The van der Waals surface area contributed by atoms with Crippen LogP contribution >= 0.6 is 0 Å². The molecule has 0 saturated carbocycles. The van der Waals surface area contributed by atoms with Crippen molar-refractivity contribution >= 4 is 6.09 Å². The molecule has 0 bridgehead atoms. The van der Waals surface area contributed by atoms with E-state index in [1.807, 2.05) is 0 Å². The van der Waals surface area contributed by atoms with E-state index in [4.69, 9.17) is 9.84 Å². The molecule has 2 atom stereocenters. The van der Waals surface area contributed by atoms with Crippen molar-refractivity contribution < 1.29 is 19.1 Å². The summed E-state index contributed by atoms with van der Waals surface area (Å²) in [5.74, 6) is 0.332. The maximum Gasteiger partial charge on any atom is 0.439 e. The fraction of sp³-hybridized carbons (Fsp3) is 0.364. The minimum absolute atomic E-state index is 0.0574. The van der Waals surface area contributed by atoms with Gasteiger partial charge in [-0.3, -0.25) is 4.98 Å². The van der Waals surface area contributed by atoms with Crippen LogP contribution in [-0.4, -0.2) is 54.2 Å².